The van der Waals surface area contributed by atoms with Gasteiger partial charge in [-0.05, 0) is 73.3 Å². The molecule has 170 valence electrons. The van der Waals surface area contributed by atoms with Crippen molar-refractivity contribution in [3.05, 3.63) is 70.6 Å². The van der Waals surface area contributed by atoms with Crippen molar-refractivity contribution < 1.29 is 5.11 Å². The van der Waals surface area contributed by atoms with E-state index >= 15 is 0 Å². The van der Waals surface area contributed by atoms with Crippen molar-refractivity contribution in [3.63, 3.8) is 0 Å². The van der Waals surface area contributed by atoms with Gasteiger partial charge in [0.1, 0.15) is 12.1 Å². The van der Waals surface area contributed by atoms with Crippen molar-refractivity contribution in [1.29, 1.82) is 5.53 Å². The number of nitrogens with one attached hydrogen (secondary N) is 1. The SMILES string of the molecule is N=Nc1ncnc2c1CCN(C1CCN(Cc3cc(O)ccc3-c3ccc(Cl)cc3)CC1)C2. The number of hydrogen-bond acceptors (Lipinski definition) is 7. The highest BCUT2D eigenvalue weighted by molar-refractivity contribution is 6.30. The predicted octanol–water partition coefficient (Wildman–Crippen LogP) is 5.19. The third-order valence-corrected chi connectivity index (χ3v) is 7.08. The fourth-order valence-electron chi connectivity index (χ4n) is 5.07. The summed E-state index contributed by atoms with van der Waals surface area (Å²) in [6, 6.07) is 14.0. The normalized spacial score (nSPS) is 17.6. The van der Waals surface area contributed by atoms with Gasteiger partial charge in [-0.1, -0.05) is 29.8 Å². The molecule has 1 aromatic heterocycles. The predicted molar refractivity (Wildman–Crippen MR) is 128 cm³/mol. The first-order chi connectivity index (χ1) is 16.1. The van der Waals surface area contributed by atoms with Gasteiger partial charge in [-0.3, -0.25) is 9.80 Å². The number of phenolic OH excluding ortho intramolecular Hbond substituents is 1. The topological polar surface area (TPSA) is 88.7 Å². The van der Waals surface area contributed by atoms with Gasteiger partial charge in [-0.2, -0.15) is 0 Å². The van der Waals surface area contributed by atoms with Crippen LogP contribution in [0.5, 0.6) is 5.75 Å². The molecule has 0 aliphatic carbocycles. The zero-order chi connectivity index (χ0) is 22.8. The Bertz CT molecular complexity index is 1140. The van der Waals surface area contributed by atoms with Gasteiger partial charge in [0.2, 0.25) is 0 Å². The average molecular weight is 463 g/mol. The molecule has 0 saturated carbocycles. The molecule has 0 spiro atoms. The Kier molecular flexibility index (Phi) is 6.35. The van der Waals surface area contributed by atoms with E-state index in [0.29, 0.717) is 17.6 Å². The van der Waals surface area contributed by atoms with Crippen molar-refractivity contribution >= 4 is 17.4 Å². The maximum absolute atomic E-state index is 10.1. The Morgan fingerprint density at radius 1 is 1.06 bits per heavy atom. The molecule has 0 bridgehead atoms. The lowest BCUT2D eigenvalue weighted by atomic mass is 9.96. The van der Waals surface area contributed by atoms with E-state index in [4.69, 9.17) is 17.1 Å². The van der Waals surface area contributed by atoms with E-state index < -0.39 is 0 Å². The number of fused-ring (bicyclic) bond motifs is 1. The number of phenols is 1. The van der Waals surface area contributed by atoms with Gasteiger partial charge >= 0.3 is 0 Å². The van der Waals surface area contributed by atoms with Gasteiger partial charge in [0.25, 0.3) is 0 Å². The van der Waals surface area contributed by atoms with Crippen molar-refractivity contribution in [1.82, 2.24) is 19.8 Å². The number of piperidine rings is 1. The van der Waals surface area contributed by atoms with Crippen molar-refractivity contribution in [2.45, 2.75) is 38.4 Å². The number of likely N-dealkylation sites (tertiary alicyclic amines) is 1. The van der Waals surface area contributed by atoms with Crippen LogP contribution >= 0.6 is 11.6 Å². The summed E-state index contributed by atoms with van der Waals surface area (Å²) in [5, 5.41) is 14.4. The number of halogens is 1. The molecule has 0 atom stereocenters. The first-order valence-corrected chi connectivity index (χ1v) is 11.7. The Morgan fingerprint density at radius 3 is 2.61 bits per heavy atom. The van der Waals surface area contributed by atoms with Gasteiger partial charge in [0.05, 0.1) is 5.69 Å². The van der Waals surface area contributed by atoms with Crippen LogP contribution in [0.25, 0.3) is 11.1 Å². The lowest BCUT2D eigenvalue weighted by Crippen LogP contribution is -2.46. The molecule has 3 aromatic rings. The van der Waals surface area contributed by atoms with Gasteiger partial charge in [0.15, 0.2) is 5.82 Å². The summed E-state index contributed by atoms with van der Waals surface area (Å²) in [6.45, 7) is 4.60. The van der Waals surface area contributed by atoms with E-state index in [9.17, 15) is 5.11 Å². The maximum Gasteiger partial charge on any atom is 0.180 e. The van der Waals surface area contributed by atoms with Crippen LogP contribution in [0, 0.1) is 5.53 Å². The molecule has 2 aliphatic rings. The minimum Gasteiger partial charge on any atom is -0.508 e. The summed E-state index contributed by atoms with van der Waals surface area (Å²) in [5.74, 6) is 0.808. The van der Waals surface area contributed by atoms with Gasteiger partial charge in [-0.25, -0.2) is 15.5 Å². The van der Waals surface area contributed by atoms with E-state index in [2.05, 4.69) is 24.9 Å². The largest absolute Gasteiger partial charge is 0.508 e. The molecule has 1 saturated heterocycles. The number of aromatic nitrogens is 2. The number of nitrogens with zero attached hydrogens (tertiary/aromatic N) is 5. The molecule has 7 nitrogen and oxygen atoms in total. The van der Waals surface area contributed by atoms with E-state index in [0.717, 1.165) is 85.0 Å². The fourth-order valence-corrected chi connectivity index (χ4v) is 5.20. The minimum atomic E-state index is 0.297. The summed E-state index contributed by atoms with van der Waals surface area (Å²) in [7, 11) is 0. The first kappa shape index (κ1) is 21.9. The summed E-state index contributed by atoms with van der Waals surface area (Å²) >= 11 is 6.07. The van der Waals surface area contributed by atoms with E-state index in [1.54, 1.807) is 6.07 Å². The highest BCUT2D eigenvalue weighted by Gasteiger charge is 2.29. The Labute approximate surface area is 198 Å². The smallest absolute Gasteiger partial charge is 0.180 e. The summed E-state index contributed by atoms with van der Waals surface area (Å²) in [4.78, 5) is 13.6. The van der Waals surface area contributed by atoms with E-state index in [1.807, 2.05) is 36.4 Å². The molecule has 2 N–H and O–H groups in total. The van der Waals surface area contributed by atoms with Crippen molar-refractivity contribution in [2.24, 2.45) is 5.11 Å². The summed E-state index contributed by atoms with van der Waals surface area (Å²) < 4.78 is 0. The molecule has 0 unspecified atom stereocenters. The molecular weight excluding hydrogens is 436 g/mol. The maximum atomic E-state index is 10.1. The number of rotatable bonds is 5. The molecule has 5 rings (SSSR count). The third kappa shape index (κ3) is 4.76. The molecule has 0 radical (unpaired) electrons. The van der Waals surface area contributed by atoms with Crippen LogP contribution < -0.4 is 0 Å². The first-order valence-electron chi connectivity index (χ1n) is 11.3. The van der Waals surface area contributed by atoms with E-state index in [1.165, 1.54) is 6.33 Å². The molecule has 0 amide bonds. The molecule has 2 aliphatic heterocycles. The zero-order valence-electron chi connectivity index (χ0n) is 18.4. The highest BCUT2D eigenvalue weighted by atomic mass is 35.5. The minimum absolute atomic E-state index is 0.297. The molecule has 8 heteroatoms. The Balaban J connectivity index is 1.24. The number of hydrogen-bond donors (Lipinski definition) is 2. The number of aromatic hydroxyl groups is 1. The van der Waals surface area contributed by atoms with E-state index in [-0.39, 0.29) is 0 Å². The lowest BCUT2D eigenvalue weighted by Gasteiger charge is -2.40. The average Bonchev–Trinajstić information content (AvgIpc) is 2.84. The highest BCUT2D eigenvalue weighted by Crippen LogP contribution is 2.31. The second-order valence-corrected chi connectivity index (χ2v) is 9.25. The van der Waals surface area contributed by atoms with Crippen LogP contribution in [-0.2, 0) is 19.5 Å². The second-order valence-electron chi connectivity index (χ2n) is 8.81. The zero-order valence-corrected chi connectivity index (χ0v) is 19.2. The molecule has 1 fully saturated rings. The van der Waals surface area contributed by atoms with Crippen LogP contribution in [0.3, 0.4) is 0 Å². The molecule has 2 aromatic carbocycles. The van der Waals surface area contributed by atoms with Gasteiger partial charge in [0, 0.05) is 36.3 Å². The van der Waals surface area contributed by atoms with Gasteiger partial charge in [-0.15, -0.1) is 5.11 Å². The number of benzene rings is 2. The molecule has 33 heavy (non-hydrogen) atoms. The Hall–Kier alpha value is -2.87. The quantitative estimate of drug-likeness (QED) is 0.509. The fraction of sp³-hybridized carbons (Fsp3) is 0.360. The van der Waals surface area contributed by atoms with Crippen LogP contribution in [0.1, 0.15) is 29.7 Å². The standard InChI is InChI=1S/C25H27ClN6O/c26-19-3-1-17(2-4-19)22-6-5-21(33)13-18(22)14-31-10-7-20(8-11-31)32-12-9-23-24(15-32)28-16-29-25(23)30-27/h1-6,13,16,20,27,33H,7-12,14-15H2. The summed E-state index contributed by atoms with van der Waals surface area (Å²) in [6.07, 6.45) is 4.57. The molecular formula is C25H27ClN6O. The Morgan fingerprint density at radius 2 is 1.85 bits per heavy atom. The monoisotopic (exact) mass is 462 g/mol. The van der Waals surface area contributed by atoms with Crippen molar-refractivity contribution in [2.75, 3.05) is 19.6 Å². The second kappa shape index (κ2) is 9.55. The van der Waals surface area contributed by atoms with Crippen LogP contribution in [0.4, 0.5) is 5.82 Å². The van der Waals surface area contributed by atoms with Gasteiger partial charge < -0.3 is 5.11 Å². The van der Waals surface area contributed by atoms with Crippen molar-refractivity contribution in [3.8, 4) is 16.9 Å². The van der Waals surface area contributed by atoms with Crippen LogP contribution in [0.15, 0.2) is 53.9 Å². The van der Waals surface area contributed by atoms with Crippen LogP contribution in [-0.4, -0.2) is 50.6 Å². The summed E-state index contributed by atoms with van der Waals surface area (Å²) in [5.41, 5.74) is 12.7. The molecule has 3 heterocycles. The van der Waals surface area contributed by atoms with Crippen LogP contribution in [0.2, 0.25) is 5.02 Å². The third-order valence-electron chi connectivity index (χ3n) is 6.83. The lowest BCUT2D eigenvalue weighted by molar-refractivity contribution is 0.0936.